The van der Waals surface area contributed by atoms with Crippen molar-refractivity contribution in [2.75, 3.05) is 0 Å². The third kappa shape index (κ3) is 23.6. The first kappa shape index (κ1) is 30.9. The zero-order valence-electron chi connectivity index (χ0n) is 21.5. The van der Waals surface area contributed by atoms with Crippen molar-refractivity contribution >= 4 is 11.9 Å². The predicted octanol–water partition coefficient (Wildman–Crippen LogP) is 8.99. The summed E-state index contributed by atoms with van der Waals surface area (Å²) in [7, 11) is 0. The molecule has 0 radical (unpaired) electrons. The molecule has 190 valence electrons. The van der Waals surface area contributed by atoms with Gasteiger partial charge in [-0.2, -0.15) is 0 Å². The lowest BCUT2D eigenvalue weighted by atomic mass is 10.0. The second-order valence-electron chi connectivity index (χ2n) is 9.59. The van der Waals surface area contributed by atoms with Crippen LogP contribution in [0.25, 0.3) is 0 Å². The number of carboxylic acid groups (broad SMARTS) is 1. The number of hydrogen-bond donors (Lipinski definition) is 1. The van der Waals surface area contributed by atoms with Crippen LogP contribution in [0.15, 0.2) is 0 Å². The molecule has 0 aliphatic heterocycles. The molecule has 0 aromatic heterocycles. The maximum Gasteiger partial charge on any atom is 0.306 e. The Labute approximate surface area is 199 Å². The van der Waals surface area contributed by atoms with Gasteiger partial charge in [-0.1, -0.05) is 110 Å². The van der Waals surface area contributed by atoms with Crippen LogP contribution in [0.1, 0.15) is 162 Å². The van der Waals surface area contributed by atoms with Gasteiger partial charge in [-0.05, 0) is 38.5 Å². The van der Waals surface area contributed by atoms with Crippen LogP contribution in [0.2, 0.25) is 0 Å². The van der Waals surface area contributed by atoms with Crippen molar-refractivity contribution in [2.24, 2.45) is 0 Å². The van der Waals surface area contributed by atoms with Crippen molar-refractivity contribution < 1.29 is 19.4 Å². The van der Waals surface area contributed by atoms with Crippen LogP contribution in [0.5, 0.6) is 0 Å². The molecule has 0 rings (SSSR count). The number of esters is 1. The Morgan fingerprint density at radius 2 is 0.938 bits per heavy atom. The Hall–Kier alpha value is -1.06. The molecule has 1 N–H and O–H groups in total. The number of hydrogen-bond acceptors (Lipinski definition) is 3. The molecule has 32 heavy (non-hydrogen) atoms. The number of aliphatic carboxylic acids is 1. The van der Waals surface area contributed by atoms with Gasteiger partial charge in [-0.3, -0.25) is 9.59 Å². The first-order valence-corrected chi connectivity index (χ1v) is 14.0. The summed E-state index contributed by atoms with van der Waals surface area (Å²) < 4.78 is 5.88. The van der Waals surface area contributed by atoms with Gasteiger partial charge in [0.15, 0.2) is 0 Å². The van der Waals surface area contributed by atoms with Crippen LogP contribution >= 0.6 is 0 Å². The lowest BCUT2D eigenvalue weighted by Gasteiger charge is -2.18. The van der Waals surface area contributed by atoms with Gasteiger partial charge in [-0.25, -0.2) is 0 Å². The molecule has 0 aliphatic carbocycles. The van der Waals surface area contributed by atoms with E-state index in [-0.39, 0.29) is 18.5 Å². The molecule has 0 aliphatic rings. The predicted molar refractivity (Wildman–Crippen MR) is 135 cm³/mol. The first-order valence-electron chi connectivity index (χ1n) is 14.0. The van der Waals surface area contributed by atoms with Crippen molar-refractivity contribution in [3.8, 4) is 0 Å². The molecule has 0 heterocycles. The van der Waals surface area contributed by atoms with Crippen LogP contribution in [0.3, 0.4) is 0 Å². The van der Waals surface area contributed by atoms with Crippen molar-refractivity contribution in [1.29, 1.82) is 0 Å². The number of rotatable bonds is 25. The zero-order chi connectivity index (χ0) is 23.7. The maximum atomic E-state index is 12.4. The van der Waals surface area contributed by atoms with Crippen LogP contribution in [0.4, 0.5) is 0 Å². The molecule has 0 aromatic carbocycles. The van der Waals surface area contributed by atoms with Gasteiger partial charge in [0.1, 0.15) is 6.10 Å². The van der Waals surface area contributed by atoms with Crippen LogP contribution in [0, 0.1) is 0 Å². The van der Waals surface area contributed by atoms with Gasteiger partial charge >= 0.3 is 11.9 Å². The number of carbonyl (C=O) groups excluding carboxylic acids is 1. The van der Waals surface area contributed by atoms with Gasteiger partial charge in [0.05, 0.1) is 0 Å². The smallest absolute Gasteiger partial charge is 0.306 e. The Kier molecular flexibility index (Phi) is 23.8. The second-order valence-corrected chi connectivity index (χ2v) is 9.59. The molecule has 1 atom stereocenters. The fourth-order valence-electron chi connectivity index (χ4n) is 4.24. The van der Waals surface area contributed by atoms with Gasteiger partial charge < -0.3 is 9.84 Å². The normalized spacial score (nSPS) is 12.1. The van der Waals surface area contributed by atoms with Crippen LogP contribution < -0.4 is 0 Å². The average Bonchev–Trinajstić information content (AvgIpc) is 2.76. The monoisotopic (exact) mass is 454 g/mol. The Morgan fingerprint density at radius 3 is 1.38 bits per heavy atom. The highest BCUT2D eigenvalue weighted by Crippen LogP contribution is 2.18. The quantitative estimate of drug-likeness (QED) is 0.110. The van der Waals surface area contributed by atoms with Gasteiger partial charge in [0.25, 0.3) is 0 Å². The van der Waals surface area contributed by atoms with E-state index in [0.717, 1.165) is 64.2 Å². The molecule has 0 amide bonds. The molecular formula is C28H54O4. The second kappa shape index (κ2) is 24.6. The summed E-state index contributed by atoms with van der Waals surface area (Å²) in [6.07, 6.45) is 25.4. The molecule has 0 fully saturated rings. The van der Waals surface area contributed by atoms with Crippen molar-refractivity contribution in [3.63, 3.8) is 0 Å². The largest absolute Gasteiger partial charge is 0.481 e. The van der Waals surface area contributed by atoms with E-state index in [0.29, 0.717) is 6.42 Å². The summed E-state index contributed by atoms with van der Waals surface area (Å²) in [6.45, 7) is 4.48. The molecule has 0 saturated heterocycles. The summed E-state index contributed by atoms with van der Waals surface area (Å²) in [6, 6.07) is 0. The highest BCUT2D eigenvalue weighted by Gasteiger charge is 2.14. The van der Waals surface area contributed by atoms with E-state index in [4.69, 9.17) is 9.84 Å². The topological polar surface area (TPSA) is 63.6 Å². The van der Waals surface area contributed by atoms with E-state index in [1.165, 1.54) is 70.6 Å². The fourth-order valence-corrected chi connectivity index (χ4v) is 4.24. The molecular weight excluding hydrogens is 400 g/mol. The van der Waals surface area contributed by atoms with Crippen LogP contribution in [-0.4, -0.2) is 23.1 Å². The standard InChI is InChI=1S/C28H54O4/c1-3-5-7-9-11-14-18-22-26(23-19-15-13-16-20-24-27(29)30)32-28(31)25-21-17-12-10-8-6-4-2/h26H,3-25H2,1-2H3,(H,29,30). The van der Waals surface area contributed by atoms with E-state index in [1.54, 1.807) is 0 Å². The van der Waals surface area contributed by atoms with Crippen molar-refractivity contribution in [3.05, 3.63) is 0 Å². The Balaban J connectivity index is 4.05. The highest BCUT2D eigenvalue weighted by molar-refractivity contribution is 5.69. The summed E-state index contributed by atoms with van der Waals surface area (Å²) >= 11 is 0. The Bertz CT molecular complexity index is 422. The molecule has 1 unspecified atom stereocenters. The molecule has 0 saturated carbocycles. The number of carboxylic acids is 1. The third-order valence-corrected chi connectivity index (χ3v) is 6.33. The summed E-state index contributed by atoms with van der Waals surface area (Å²) in [5.41, 5.74) is 0. The summed E-state index contributed by atoms with van der Waals surface area (Å²) in [5.74, 6) is -0.708. The number of carbonyl (C=O) groups is 2. The lowest BCUT2D eigenvalue weighted by Crippen LogP contribution is -2.18. The van der Waals surface area contributed by atoms with Crippen molar-refractivity contribution in [2.45, 2.75) is 168 Å². The minimum absolute atomic E-state index is 0.00652. The molecule has 4 heteroatoms. The SMILES string of the molecule is CCCCCCCCCC(=O)OC(CCCCCCCCC)CCCCCCCC(=O)O. The van der Waals surface area contributed by atoms with Crippen LogP contribution in [-0.2, 0) is 14.3 Å². The van der Waals surface area contributed by atoms with E-state index in [1.807, 2.05) is 0 Å². The third-order valence-electron chi connectivity index (χ3n) is 6.33. The van der Waals surface area contributed by atoms with Crippen molar-refractivity contribution in [1.82, 2.24) is 0 Å². The van der Waals surface area contributed by atoms with Gasteiger partial charge in [0.2, 0.25) is 0 Å². The minimum Gasteiger partial charge on any atom is -0.481 e. The molecule has 0 bridgehead atoms. The van der Waals surface area contributed by atoms with E-state index in [2.05, 4.69) is 13.8 Å². The Morgan fingerprint density at radius 1 is 0.562 bits per heavy atom. The molecule has 0 aromatic rings. The number of unbranched alkanes of at least 4 members (excludes halogenated alkanes) is 16. The van der Waals surface area contributed by atoms with E-state index >= 15 is 0 Å². The highest BCUT2D eigenvalue weighted by atomic mass is 16.5. The molecule has 4 nitrogen and oxygen atoms in total. The first-order chi connectivity index (χ1) is 15.6. The summed E-state index contributed by atoms with van der Waals surface area (Å²) in [4.78, 5) is 22.9. The lowest BCUT2D eigenvalue weighted by molar-refractivity contribution is -0.150. The zero-order valence-corrected chi connectivity index (χ0v) is 21.5. The fraction of sp³-hybridized carbons (Fsp3) is 0.929. The van der Waals surface area contributed by atoms with Gasteiger partial charge in [0, 0.05) is 12.8 Å². The number of ether oxygens (including phenoxy) is 1. The van der Waals surface area contributed by atoms with Gasteiger partial charge in [-0.15, -0.1) is 0 Å². The minimum atomic E-state index is -0.701. The molecule has 0 spiro atoms. The summed E-state index contributed by atoms with van der Waals surface area (Å²) in [5, 5.41) is 8.71. The average molecular weight is 455 g/mol. The van der Waals surface area contributed by atoms with E-state index in [9.17, 15) is 9.59 Å². The van der Waals surface area contributed by atoms with E-state index < -0.39 is 5.97 Å². The maximum absolute atomic E-state index is 12.4.